The van der Waals surface area contributed by atoms with Crippen molar-refractivity contribution in [1.82, 2.24) is 10.2 Å². The molecule has 2 rings (SSSR count). The average Bonchev–Trinajstić information content (AvgIpc) is 2.66. The van der Waals surface area contributed by atoms with E-state index in [9.17, 15) is 13.2 Å². The molecule has 2 aromatic rings. The molecule has 27 heavy (non-hydrogen) atoms. The molecule has 2 aromatic carbocycles. The Hall–Kier alpha value is -2.09. The van der Waals surface area contributed by atoms with Crippen LogP contribution in [-0.4, -0.2) is 53.0 Å². The smallest absolute Gasteiger partial charge is 0.264 e. The van der Waals surface area contributed by atoms with E-state index in [1.165, 1.54) is 16.4 Å². The van der Waals surface area contributed by atoms with Gasteiger partial charge in [0.1, 0.15) is 0 Å². The molecule has 0 aromatic heterocycles. The second kappa shape index (κ2) is 10.3. The van der Waals surface area contributed by atoms with Gasteiger partial charge in [-0.15, -0.1) is 12.4 Å². The van der Waals surface area contributed by atoms with Crippen LogP contribution in [0.15, 0.2) is 59.5 Å². The summed E-state index contributed by atoms with van der Waals surface area (Å²) < 4.78 is 27.2. The molecule has 0 aliphatic heterocycles. The number of carbonyl (C=O) groups is 1. The fraction of sp³-hybridized carbons (Fsp3) is 0.316. The highest BCUT2D eigenvalue weighted by atomic mass is 35.5. The van der Waals surface area contributed by atoms with Crippen LogP contribution in [0.5, 0.6) is 0 Å². The number of nitrogens with one attached hydrogen (secondary N) is 1. The number of nitrogens with zero attached hydrogens (tertiary/aromatic N) is 2. The molecule has 0 bridgehead atoms. The largest absolute Gasteiger partial charge is 0.340 e. The molecule has 0 unspecified atom stereocenters. The Morgan fingerprint density at radius 3 is 2.15 bits per heavy atom. The van der Waals surface area contributed by atoms with Crippen molar-refractivity contribution in [2.75, 3.05) is 38.0 Å². The van der Waals surface area contributed by atoms with Crippen molar-refractivity contribution >= 4 is 34.0 Å². The molecule has 1 N–H and O–H groups in total. The standard InChI is InChI=1S/C19H25N3O3S.ClH/c1-4-22(17-8-6-5-7-9-17)26(24,25)18-12-10-16(11-13-18)19(23)21(3)15-14-20-2;/h5-13,20H,4,14-15H2,1-3H3;1H. The average molecular weight is 412 g/mol. The minimum absolute atomic E-state index is 0. The normalized spacial score (nSPS) is 10.8. The van der Waals surface area contributed by atoms with Gasteiger partial charge in [0.05, 0.1) is 10.6 Å². The van der Waals surface area contributed by atoms with Crippen molar-refractivity contribution in [3.8, 4) is 0 Å². The summed E-state index contributed by atoms with van der Waals surface area (Å²) in [6.07, 6.45) is 0. The Balaban J connectivity index is 0.00000364. The molecule has 8 heteroatoms. The SMILES string of the molecule is CCN(c1ccccc1)S(=O)(=O)c1ccc(C(=O)N(C)CCNC)cc1.Cl. The van der Waals surface area contributed by atoms with E-state index in [0.717, 1.165) is 0 Å². The number of halogens is 1. The van der Waals surface area contributed by atoms with Crippen molar-refractivity contribution in [2.45, 2.75) is 11.8 Å². The first-order valence-electron chi connectivity index (χ1n) is 8.49. The third-order valence-electron chi connectivity index (χ3n) is 4.06. The molecule has 0 aliphatic rings. The van der Waals surface area contributed by atoms with Crippen molar-refractivity contribution in [1.29, 1.82) is 0 Å². The van der Waals surface area contributed by atoms with Gasteiger partial charge < -0.3 is 10.2 Å². The molecule has 0 aliphatic carbocycles. The maximum Gasteiger partial charge on any atom is 0.264 e. The van der Waals surface area contributed by atoms with Gasteiger partial charge in [-0.2, -0.15) is 0 Å². The summed E-state index contributed by atoms with van der Waals surface area (Å²) in [5.41, 5.74) is 1.08. The molecular formula is C19H26ClN3O3S. The van der Waals surface area contributed by atoms with Gasteiger partial charge in [0.15, 0.2) is 0 Å². The summed E-state index contributed by atoms with van der Waals surface area (Å²) in [5.74, 6) is -0.139. The third kappa shape index (κ3) is 5.45. The topological polar surface area (TPSA) is 69.7 Å². The number of hydrogen-bond donors (Lipinski definition) is 1. The Bertz CT molecular complexity index is 827. The zero-order valence-electron chi connectivity index (χ0n) is 15.8. The van der Waals surface area contributed by atoms with E-state index < -0.39 is 10.0 Å². The Morgan fingerprint density at radius 2 is 1.63 bits per heavy atom. The number of anilines is 1. The quantitative estimate of drug-likeness (QED) is 0.724. The highest BCUT2D eigenvalue weighted by Gasteiger charge is 2.24. The highest BCUT2D eigenvalue weighted by Crippen LogP contribution is 2.23. The molecule has 0 saturated heterocycles. The summed E-state index contributed by atoms with van der Waals surface area (Å²) >= 11 is 0. The van der Waals surface area contributed by atoms with E-state index >= 15 is 0 Å². The summed E-state index contributed by atoms with van der Waals surface area (Å²) in [7, 11) is -0.138. The van der Waals surface area contributed by atoms with Gasteiger partial charge in [0.25, 0.3) is 15.9 Å². The predicted molar refractivity (Wildman–Crippen MR) is 111 cm³/mol. The molecule has 1 amide bonds. The summed E-state index contributed by atoms with van der Waals surface area (Å²) in [6.45, 7) is 3.38. The number of para-hydroxylation sites is 1. The maximum absolute atomic E-state index is 12.9. The van der Waals surface area contributed by atoms with E-state index in [-0.39, 0.29) is 23.2 Å². The van der Waals surface area contributed by atoms with Gasteiger partial charge in [-0.05, 0) is 50.4 Å². The van der Waals surface area contributed by atoms with Crippen molar-refractivity contribution in [2.24, 2.45) is 0 Å². The Kier molecular flexibility index (Phi) is 8.75. The van der Waals surface area contributed by atoms with Crippen LogP contribution < -0.4 is 9.62 Å². The fourth-order valence-electron chi connectivity index (χ4n) is 2.58. The third-order valence-corrected chi connectivity index (χ3v) is 5.98. The summed E-state index contributed by atoms with van der Waals surface area (Å²) in [6, 6.07) is 15.1. The Morgan fingerprint density at radius 1 is 1.04 bits per heavy atom. The predicted octanol–water partition coefficient (Wildman–Crippen LogP) is 2.62. The second-order valence-corrected chi connectivity index (χ2v) is 7.72. The molecule has 0 radical (unpaired) electrons. The lowest BCUT2D eigenvalue weighted by atomic mass is 10.2. The highest BCUT2D eigenvalue weighted by molar-refractivity contribution is 7.92. The van der Waals surface area contributed by atoms with E-state index in [1.54, 1.807) is 55.3 Å². The van der Waals surface area contributed by atoms with Crippen LogP contribution in [0.2, 0.25) is 0 Å². The number of carbonyl (C=O) groups excluding carboxylic acids is 1. The van der Waals surface area contributed by atoms with Crippen LogP contribution in [0.1, 0.15) is 17.3 Å². The van der Waals surface area contributed by atoms with E-state index in [2.05, 4.69) is 5.32 Å². The molecular weight excluding hydrogens is 386 g/mol. The second-order valence-electron chi connectivity index (χ2n) is 5.86. The van der Waals surface area contributed by atoms with E-state index in [0.29, 0.717) is 30.9 Å². The molecule has 0 fully saturated rings. The van der Waals surface area contributed by atoms with Crippen molar-refractivity contribution in [3.63, 3.8) is 0 Å². The molecule has 0 atom stereocenters. The molecule has 0 heterocycles. The van der Waals surface area contributed by atoms with Gasteiger partial charge >= 0.3 is 0 Å². The number of hydrogen-bond acceptors (Lipinski definition) is 4. The van der Waals surface area contributed by atoms with E-state index in [1.807, 2.05) is 13.1 Å². The van der Waals surface area contributed by atoms with Gasteiger partial charge in [-0.25, -0.2) is 8.42 Å². The van der Waals surface area contributed by atoms with Crippen molar-refractivity contribution in [3.05, 3.63) is 60.2 Å². The minimum atomic E-state index is -3.68. The van der Waals surface area contributed by atoms with E-state index in [4.69, 9.17) is 0 Å². The molecule has 6 nitrogen and oxygen atoms in total. The minimum Gasteiger partial charge on any atom is -0.340 e. The monoisotopic (exact) mass is 411 g/mol. The zero-order chi connectivity index (χ0) is 19.2. The number of sulfonamides is 1. The Labute approximate surface area is 167 Å². The lowest BCUT2D eigenvalue weighted by molar-refractivity contribution is 0.0796. The first-order chi connectivity index (χ1) is 12.4. The summed E-state index contributed by atoms with van der Waals surface area (Å²) in [5, 5.41) is 2.99. The number of benzene rings is 2. The molecule has 148 valence electrons. The maximum atomic E-state index is 12.9. The lowest BCUT2D eigenvalue weighted by Crippen LogP contribution is -2.33. The number of rotatable bonds is 8. The first-order valence-corrected chi connectivity index (χ1v) is 9.93. The summed E-state index contributed by atoms with van der Waals surface area (Å²) in [4.78, 5) is 14.1. The van der Waals surface area contributed by atoms with Crippen LogP contribution in [-0.2, 0) is 10.0 Å². The first kappa shape index (κ1) is 23.0. The number of amides is 1. The van der Waals surface area contributed by atoms with Gasteiger partial charge in [0.2, 0.25) is 0 Å². The van der Waals surface area contributed by atoms with Gasteiger partial charge in [-0.3, -0.25) is 9.10 Å². The van der Waals surface area contributed by atoms with Gasteiger partial charge in [-0.1, -0.05) is 18.2 Å². The zero-order valence-corrected chi connectivity index (χ0v) is 17.4. The number of likely N-dealkylation sites (N-methyl/N-ethyl adjacent to an activating group) is 2. The molecule has 0 saturated carbocycles. The van der Waals surface area contributed by atoms with Crippen LogP contribution in [0.25, 0.3) is 0 Å². The van der Waals surface area contributed by atoms with Crippen LogP contribution in [0.4, 0.5) is 5.69 Å². The van der Waals surface area contributed by atoms with Gasteiger partial charge in [0, 0.05) is 32.2 Å². The van der Waals surface area contributed by atoms with Crippen LogP contribution in [0.3, 0.4) is 0 Å². The van der Waals surface area contributed by atoms with Crippen molar-refractivity contribution < 1.29 is 13.2 Å². The van der Waals surface area contributed by atoms with Crippen LogP contribution in [0, 0.1) is 0 Å². The fourth-order valence-corrected chi connectivity index (χ4v) is 4.06. The lowest BCUT2D eigenvalue weighted by Gasteiger charge is -2.23. The van der Waals surface area contributed by atoms with Crippen LogP contribution >= 0.6 is 12.4 Å². The molecule has 0 spiro atoms.